The highest BCUT2D eigenvalue weighted by atomic mass is 16.5. The van der Waals surface area contributed by atoms with Gasteiger partial charge in [0.15, 0.2) is 5.78 Å². The van der Waals surface area contributed by atoms with Gasteiger partial charge < -0.3 is 15.6 Å². The second kappa shape index (κ2) is 4.00. The van der Waals surface area contributed by atoms with Crippen LogP contribution < -0.4 is 10.5 Å². The summed E-state index contributed by atoms with van der Waals surface area (Å²) in [5.74, 6) is 0.608. The van der Waals surface area contributed by atoms with Crippen molar-refractivity contribution in [1.29, 1.82) is 0 Å². The Hall–Kier alpha value is -1.39. The number of carbonyl (C=O) groups excluding carboxylic acids is 1. The molecule has 0 aromatic heterocycles. The topological polar surface area (TPSA) is 72.5 Å². The van der Waals surface area contributed by atoms with Gasteiger partial charge in [0.2, 0.25) is 0 Å². The fraction of sp³-hybridized carbons (Fsp3) is 0.364. The van der Waals surface area contributed by atoms with Gasteiger partial charge in [0.25, 0.3) is 0 Å². The van der Waals surface area contributed by atoms with E-state index in [1.165, 1.54) is 0 Å². The number of carbonyl (C=O) groups is 1. The number of Topliss-reactive ketones (excluding diaryl/α,β-unsaturated/α-hetero) is 1. The van der Waals surface area contributed by atoms with Crippen molar-refractivity contribution in [2.45, 2.75) is 12.5 Å². The van der Waals surface area contributed by atoms with Gasteiger partial charge >= 0.3 is 0 Å². The van der Waals surface area contributed by atoms with Gasteiger partial charge in [0, 0.05) is 12.0 Å². The number of hydrogen-bond acceptors (Lipinski definition) is 4. The van der Waals surface area contributed by atoms with Crippen LogP contribution in [0.5, 0.6) is 5.75 Å². The molecule has 0 radical (unpaired) electrons. The van der Waals surface area contributed by atoms with Gasteiger partial charge in [-0.1, -0.05) is 0 Å². The summed E-state index contributed by atoms with van der Waals surface area (Å²) in [6.45, 7) is 0.339. The van der Waals surface area contributed by atoms with Crippen LogP contribution in [0.1, 0.15) is 15.9 Å². The predicted molar refractivity (Wildman–Crippen MR) is 55.0 cm³/mol. The largest absolute Gasteiger partial charge is 0.493 e. The van der Waals surface area contributed by atoms with E-state index in [-0.39, 0.29) is 12.4 Å². The van der Waals surface area contributed by atoms with Crippen LogP contribution in [0.25, 0.3) is 0 Å². The zero-order valence-corrected chi connectivity index (χ0v) is 8.27. The molecule has 1 unspecified atom stereocenters. The molecule has 3 N–H and O–H groups in total. The fourth-order valence-corrected chi connectivity index (χ4v) is 1.64. The van der Waals surface area contributed by atoms with Crippen molar-refractivity contribution in [2.75, 3.05) is 13.2 Å². The highest BCUT2D eigenvalue weighted by molar-refractivity contribution is 6.00. The van der Waals surface area contributed by atoms with Gasteiger partial charge in [0.05, 0.1) is 19.3 Å². The van der Waals surface area contributed by atoms with E-state index in [1.54, 1.807) is 18.2 Å². The summed E-state index contributed by atoms with van der Waals surface area (Å²) in [7, 11) is 0. The SMILES string of the molecule is NC(CO)C(=O)c1ccc2c(c1)CCO2. The molecule has 1 aliphatic rings. The van der Waals surface area contributed by atoms with Crippen LogP contribution in [0, 0.1) is 0 Å². The predicted octanol–water partition coefficient (Wildman–Crippen LogP) is 0.124. The number of ether oxygens (including phenoxy) is 1. The van der Waals surface area contributed by atoms with Crippen LogP contribution in [0.2, 0.25) is 0 Å². The lowest BCUT2D eigenvalue weighted by Crippen LogP contribution is -2.34. The molecular formula is C11H13NO3. The summed E-state index contributed by atoms with van der Waals surface area (Å²) >= 11 is 0. The Morgan fingerprint density at radius 2 is 2.40 bits per heavy atom. The van der Waals surface area contributed by atoms with E-state index in [9.17, 15) is 4.79 Å². The quantitative estimate of drug-likeness (QED) is 0.691. The van der Waals surface area contributed by atoms with Crippen LogP contribution in [0.3, 0.4) is 0 Å². The van der Waals surface area contributed by atoms with E-state index < -0.39 is 6.04 Å². The zero-order valence-electron chi connectivity index (χ0n) is 8.27. The molecule has 1 aliphatic heterocycles. The summed E-state index contributed by atoms with van der Waals surface area (Å²) in [6, 6.07) is 4.42. The summed E-state index contributed by atoms with van der Waals surface area (Å²) in [6.07, 6.45) is 0.824. The molecule has 4 nitrogen and oxygen atoms in total. The molecule has 0 spiro atoms. The Labute approximate surface area is 87.7 Å². The van der Waals surface area contributed by atoms with Crippen molar-refractivity contribution in [3.63, 3.8) is 0 Å². The molecule has 2 rings (SSSR count). The molecule has 0 fully saturated rings. The van der Waals surface area contributed by atoms with Gasteiger partial charge in [-0.2, -0.15) is 0 Å². The third-order valence-electron chi connectivity index (χ3n) is 2.51. The summed E-state index contributed by atoms with van der Waals surface area (Å²) in [5, 5.41) is 8.79. The molecule has 1 atom stereocenters. The first-order valence-corrected chi connectivity index (χ1v) is 4.88. The maximum Gasteiger partial charge on any atom is 0.181 e. The molecule has 80 valence electrons. The van der Waals surface area contributed by atoms with Crippen molar-refractivity contribution in [3.05, 3.63) is 29.3 Å². The normalized spacial score (nSPS) is 15.6. The van der Waals surface area contributed by atoms with Gasteiger partial charge in [-0.05, 0) is 23.8 Å². The Morgan fingerprint density at radius 1 is 1.60 bits per heavy atom. The van der Waals surface area contributed by atoms with Crippen LogP contribution >= 0.6 is 0 Å². The van der Waals surface area contributed by atoms with E-state index in [0.717, 1.165) is 17.7 Å². The molecule has 1 heterocycles. The van der Waals surface area contributed by atoms with E-state index in [0.29, 0.717) is 12.2 Å². The van der Waals surface area contributed by atoms with Gasteiger partial charge in [0.1, 0.15) is 5.75 Å². The lowest BCUT2D eigenvalue weighted by atomic mass is 10.0. The smallest absolute Gasteiger partial charge is 0.181 e. The third kappa shape index (κ3) is 1.86. The van der Waals surface area contributed by atoms with E-state index in [2.05, 4.69) is 0 Å². The van der Waals surface area contributed by atoms with Gasteiger partial charge in [-0.3, -0.25) is 4.79 Å². The van der Waals surface area contributed by atoms with Crippen LogP contribution in [-0.4, -0.2) is 30.1 Å². The second-order valence-electron chi connectivity index (χ2n) is 3.57. The molecule has 1 aromatic carbocycles. The van der Waals surface area contributed by atoms with Gasteiger partial charge in [-0.25, -0.2) is 0 Å². The number of nitrogens with two attached hydrogens (primary N) is 1. The molecule has 15 heavy (non-hydrogen) atoms. The van der Waals surface area contributed by atoms with Crippen LogP contribution in [0.4, 0.5) is 0 Å². The zero-order chi connectivity index (χ0) is 10.8. The number of hydrogen-bond donors (Lipinski definition) is 2. The Morgan fingerprint density at radius 3 is 3.13 bits per heavy atom. The summed E-state index contributed by atoms with van der Waals surface area (Å²) in [5.41, 5.74) is 7.04. The molecule has 0 aliphatic carbocycles. The van der Waals surface area contributed by atoms with Crippen molar-refractivity contribution in [3.8, 4) is 5.75 Å². The number of ketones is 1. The molecule has 1 aromatic rings. The minimum absolute atomic E-state index is 0.229. The molecule has 0 bridgehead atoms. The Kier molecular flexibility index (Phi) is 2.70. The lowest BCUT2D eigenvalue weighted by Gasteiger charge is -2.07. The molecular weight excluding hydrogens is 194 g/mol. The summed E-state index contributed by atoms with van der Waals surface area (Å²) < 4.78 is 5.33. The Bertz CT molecular complexity index is 389. The highest BCUT2D eigenvalue weighted by Gasteiger charge is 2.18. The second-order valence-corrected chi connectivity index (χ2v) is 3.57. The number of benzene rings is 1. The number of aliphatic hydroxyl groups is 1. The lowest BCUT2D eigenvalue weighted by molar-refractivity contribution is 0.0925. The van der Waals surface area contributed by atoms with Crippen molar-refractivity contribution < 1.29 is 14.6 Å². The number of rotatable bonds is 3. The number of aliphatic hydroxyl groups excluding tert-OH is 1. The summed E-state index contributed by atoms with van der Waals surface area (Å²) in [4.78, 5) is 11.6. The fourth-order valence-electron chi connectivity index (χ4n) is 1.64. The van der Waals surface area contributed by atoms with Crippen molar-refractivity contribution >= 4 is 5.78 Å². The third-order valence-corrected chi connectivity index (χ3v) is 2.51. The van der Waals surface area contributed by atoms with E-state index >= 15 is 0 Å². The van der Waals surface area contributed by atoms with Gasteiger partial charge in [-0.15, -0.1) is 0 Å². The van der Waals surface area contributed by atoms with Crippen LogP contribution in [-0.2, 0) is 6.42 Å². The first-order valence-electron chi connectivity index (χ1n) is 4.88. The standard InChI is InChI=1S/C11H13NO3/c12-9(6-13)11(14)8-1-2-10-7(5-8)3-4-15-10/h1-2,5,9,13H,3-4,6,12H2. The monoisotopic (exact) mass is 207 g/mol. The molecule has 0 saturated carbocycles. The minimum Gasteiger partial charge on any atom is -0.493 e. The van der Waals surface area contributed by atoms with E-state index in [1.807, 2.05) is 0 Å². The molecule has 0 amide bonds. The number of fused-ring (bicyclic) bond motifs is 1. The highest BCUT2D eigenvalue weighted by Crippen LogP contribution is 2.26. The van der Waals surface area contributed by atoms with E-state index in [4.69, 9.17) is 15.6 Å². The maximum absolute atomic E-state index is 11.6. The first kappa shape index (κ1) is 10.1. The first-order chi connectivity index (χ1) is 7.22. The van der Waals surface area contributed by atoms with Crippen molar-refractivity contribution in [2.24, 2.45) is 5.73 Å². The Balaban J connectivity index is 2.26. The minimum atomic E-state index is -0.828. The van der Waals surface area contributed by atoms with Crippen molar-refractivity contribution in [1.82, 2.24) is 0 Å². The average Bonchev–Trinajstić information content (AvgIpc) is 2.73. The molecule has 0 saturated heterocycles. The van der Waals surface area contributed by atoms with Crippen LogP contribution in [0.15, 0.2) is 18.2 Å². The molecule has 4 heteroatoms. The average molecular weight is 207 g/mol. The maximum atomic E-state index is 11.6.